The molecular formula is C14H27N3O2. The predicted molar refractivity (Wildman–Crippen MR) is 74.8 cm³/mol. The summed E-state index contributed by atoms with van der Waals surface area (Å²) in [5.74, 6) is 0.0330. The molecule has 2 rings (SSSR count). The number of hydrogen-bond acceptors (Lipinski definition) is 4. The van der Waals surface area contributed by atoms with Gasteiger partial charge in [0.25, 0.3) is 0 Å². The molecule has 3 N–H and O–H groups in total. The summed E-state index contributed by atoms with van der Waals surface area (Å²) < 4.78 is 5.34. The van der Waals surface area contributed by atoms with Crippen molar-refractivity contribution in [2.45, 2.75) is 44.2 Å². The Morgan fingerprint density at radius 3 is 2.53 bits per heavy atom. The van der Waals surface area contributed by atoms with Gasteiger partial charge in [-0.05, 0) is 33.9 Å². The molecule has 0 aromatic carbocycles. The SMILES string of the molecule is CN(C)C1(CNC(=O)C2(C)COCC2N)CCCC1. The second kappa shape index (κ2) is 5.38. The zero-order chi connectivity index (χ0) is 14.1. The van der Waals surface area contributed by atoms with Crippen LogP contribution in [-0.2, 0) is 9.53 Å². The molecule has 0 aromatic heterocycles. The Balaban J connectivity index is 1.96. The van der Waals surface area contributed by atoms with Crippen LogP contribution in [0.3, 0.4) is 0 Å². The van der Waals surface area contributed by atoms with Gasteiger partial charge < -0.3 is 20.7 Å². The van der Waals surface area contributed by atoms with Gasteiger partial charge in [0.05, 0.1) is 18.6 Å². The molecule has 1 saturated carbocycles. The highest BCUT2D eigenvalue weighted by molar-refractivity contribution is 5.83. The van der Waals surface area contributed by atoms with Gasteiger partial charge in [0, 0.05) is 18.1 Å². The molecular weight excluding hydrogens is 242 g/mol. The first-order valence-electron chi connectivity index (χ1n) is 7.20. The summed E-state index contributed by atoms with van der Waals surface area (Å²) in [6.07, 6.45) is 4.79. The van der Waals surface area contributed by atoms with Crippen LogP contribution in [0.15, 0.2) is 0 Å². The van der Waals surface area contributed by atoms with E-state index in [1.54, 1.807) is 0 Å². The lowest BCUT2D eigenvalue weighted by molar-refractivity contribution is -0.131. The van der Waals surface area contributed by atoms with Crippen molar-refractivity contribution in [3.05, 3.63) is 0 Å². The van der Waals surface area contributed by atoms with E-state index in [0.29, 0.717) is 19.8 Å². The number of nitrogens with one attached hydrogen (secondary N) is 1. The third-order valence-corrected chi connectivity index (χ3v) is 5.10. The third-order valence-electron chi connectivity index (χ3n) is 5.10. The van der Waals surface area contributed by atoms with Crippen molar-refractivity contribution in [2.24, 2.45) is 11.1 Å². The van der Waals surface area contributed by atoms with Crippen molar-refractivity contribution < 1.29 is 9.53 Å². The Bertz CT molecular complexity index is 340. The lowest BCUT2D eigenvalue weighted by Crippen LogP contribution is -2.56. The molecule has 0 bridgehead atoms. The maximum Gasteiger partial charge on any atom is 0.230 e. The molecule has 110 valence electrons. The van der Waals surface area contributed by atoms with E-state index in [9.17, 15) is 4.79 Å². The summed E-state index contributed by atoms with van der Waals surface area (Å²) in [6, 6.07) is -0.202. The van der Waals surface area contributed by atoms with Crippen LogP contribution < -0.4 is 11.1 Å². The molecule has 19 heavy (non-hydrogen) atoms. The highest BCUT2D eigenvalue weighted by Crippen LogP contribution is 2.34. The second-order valence-electron chi connectivity index (χ2n) is 6.55. The number of ether oxygens (including phenoxy) is 1. The van der Waals surface area contributed by atoms with Crippen LogP contribution in [-0.4, -0.2) is 56.2 Å². The summed E-state index contributed by atoms with van der Waals surface area (Å²) in [7, 11) is 4.20. The molecule has 0 spiro atoms. The molecule has 5 heteroatoms. The summed E-state index contributed by atoms with van der Waals surface area (Å²) >= 11 is 0. The molecule has 2 atom stereocenters. The largest absolute Gasteiger partial charge is 0.379 e. The molecule has 0 radical (unpaired) electrons. The Kier molecular flexibility index (Phi) is 4.18. The Labute approximate surface area is 115 Å². The fourth-order valence-electron chi connectivity index (χ4n) is 3.18. The van der Waals surface area contributed by atoms with E-state index in [1.165, 1.54) is 12.8 Å². The highest BCUT2D eigenvalue weighted by Gasteiger charge is 2.45. The van der Waals surface area contributed by atoms with Gasteiger partial charge in [0.1, 0.15) is 0 Å². The quantitative estimate of drug-likeness (QED) is 0.772. The van der Waals surface area contributed by atoms with Crippen molar-refractivity contribution >= 4 is 5.91 Å². The van der Waals surface area contributed by atoms with E-state index in [4.69, 9.17) is 10.5 Å². The van der Waals surface area contributed by atoms with E-state index < -0.39 is 5.41 Å². The number of nitrogens with two attached hydrogens (primary N) is 1. The predicted octanol–water partition coefficient (Wildman–Crippen LogP) is 0.341. The van der Waals surface area contributed by atoms with E-state index in [0.717, 1.165) is 12.8 Å². The van der Waals surface area contributed by atoms with Gasteiger partial charge in [0.15, 0.2) is 0 Å². The fourth-order valence-corrected chi connectivity index (χ4v) is 3.18. The van der Waals surface area contributed by atoms with Crippen molar-refractivity contribution in [3.63, 3.8) is 0 Å². The number of carbonyl (C=O) groups excluding carboxylic acids is 1. The van der Waals surface area contributed by atoms with Crippen molar-refractivity contribution in [3.8, 4) is 0 Å². The van der Waals surface area contributed by atoms with Crippen LogP contribution in [0.1, 0.15) is 32.6 Å². The first kappa shape index (κ1) is 14.8. The van der Waals surface area contributed by atoms with Crippen molar-refractivity contribution in [2.75, 3.05) is 33.9 Å². The minimum absolute atomic E-state index is 0.0330. The summed E-state index contributed by atoms with van der Waals surface area (Å²) in [6.45, 7) is 3.51. The van der Waals surface area contributed by atoms with Crippen LogP contribution in [0.2, 0.25) is 0 Å². The van der Waals surface area contributed by atoms with Crippen molar-refractivity contribution in [1.29, 1.82) is 0 Å². The number of rotatable bonds is 4. The van der Waals surface area contributed by atoms with E-state index >= 15 is 0 Å². The number of carbonyl (C=O) groups is 1. The van der Waals surface area contributed by atoms with Crippen LogP contribution >= 0.6 is 0 Å². The normalized spacial score (nSPS) is 33.8. The van der Waals surface area contributed by atoms with Crippen molar-refractivity contribution in [1.82, 2.24) is 10.2 Å². The number of likely N-dealkylation sites (N-methyl/N-ethyl adjacent to an activating group) is 1. The highest BCUT2D eigenvalue weighted by atomic mass is 16.5. The molecule has 1 aliphatic carbocycles. The zero-order valence-corrected chi connectivity index (χ0v) is 12.4. The van der Waals surface area contributed by atoms with E-state index in [2.05, 4.69) is 24.3 Å². The van der Waals surface area contributed by atoms with E-state index in [-0.39, 0.29) is 17.5 Å². The smallest absolute Gasteiger partial charge is 0.230 e. The Morgan fingerprint density at radius 2 is 2.05 bits per heavy atom. The molecule has 5 nitrogen and oxygen atoms in total. The summed E-state index contributed by atoms with van der Waals surface area (Å²) in [5.41, 5.74) is 5.54. The molecule has 2 fully saturated rings. The molecule has 0 aromatic rings. The minimum Gasteiger partial charge on any atom is -0.379 e. The van der Waals surface area contributed by atoms with E-state index in [1.807, 2.05) is 6.92 Å². The topological polar surface area (TPSA) is 67.6 Å². The van der Waals surface area contributed by atoms with Gasteiger partial charge in [-0.3, -0.25) is 4.79 Å². The molecule has 1 aliphatic heterocycles. The molecule has 1 saturated heterocycles. The van der Waals surface area contributed by atoms with Gasteiger partial charge in [-0.15, -0.1) is 0 Å². The molecule has 1 amide bonds. The maximum absolute atomic E-state index is 12.4. The first-order chi connectivity index (χ1) is 8.91. The average molecular weight is 269 g/mol. The zero-order valence-electron chi connectivity index (χ0n) is 12.4. The Hall–Kier alpha value is -0.650. The second-order valence-corrected chi connectivity index (χ2v) is 6.55. The van der Waals surface area contributed by atoms with Gasteiger partial charge in [0.2, 0.25) is 5.91 Å². The third kappa shape index (κ3) is 2.64. The number of nitrogens with zero attached hydrogens (tertiary/aromatic N) is 1. The fraction of sp³-hybridized carbons (Fsp3) is 0.929. The molecule has 2 unspecified atom stereocenters. The maximum atomic E-state index is 12.4. The van der Waals surface area contributed by atoms with Gasteiger partial charge in [-0.2, -0.15) is 0 Å². The van der Waals surface area contributed by atoms with Crippen LogP contribution in [0, 0.1) is 5.41 Å². The van der Waals surface area contributed by atoms with Gasteiger partial charge >= 0.3 is 0 Å². The standard InChI is InChI=1S/C14H27N3O2/c1-13(10-19-8-11(13)15)12(18)16-9-14(17(2)3)6-4-5-7-14/h11H,4-10,15H2,1-3H3,(H,16,18). The summed E-state index contributed by atoms with van der Waals surface area (Å²) in [5, 5.41) is 3.12. The van der Waals surface area contributed by atoms with Gasteiger partial charge in [-0.25, -0.2) is 0 Å². The number of amides is 1. The lowest BCUT2D eigenvalue weighted by atomic mass is 9.84. The van der Waals surface area contributed by atoms with Gasteiger partial charge in [-0.1, -0.05) is 12.8 Å². The number of hydrogen-bond donors (Lipinski definition) is 2. The Morgan fingerprint density at radius 1 is 1.42 bits per heavy atom. The molecule has 1 heterocycles. The lowest BCUT2D eigenvalue weighted by Gasteiger charge is -2.37. The molecule has 2 aliphatic rings. The summed E-state index contributed by atoms with van der Waals surface area (Å²) in [4.78, 5) is 14.7. The first-order valence-corrected chi connectivity index (χ1v) is 7.20. The van der Waals surface area contributed by atoms with Crippen LogP contribution in [0.4, 0.5) is 0 Å². The average Bonchev–Trinajstić information content (AvgIpc) is 2.96. The van der Waals surface area contributed by atoms with Crippen LogP contribution in [0.5, 0.6) is 0 Å². The minimum atomic E-state index is -0.577. The monoisotopic (exact) mass is 269 g/mol. The van der Waals surface area contributed by atoms with Crippen LogP contribution in [0.25, 0.3) is 0 Å².